The van der Waals surface area contributed by atoms with Crippen molar-refractivity contribution in [2.24, 2.45) is 0 Å². The summed E-state index contributed by atoms with van der Waals surface area (Å²) in [6, 6.07) is 1.87. The Morgan fingerprint density at radius 3 is 2.47 bits per heavy atom. The maximum Gasteiger partial charge on any atom is 0.416 e. The third-order valence-corrected chi connectivity index (χ3v) is 3.89. The summed E-state index contributed by atoms with van der Waals surface area (Å²) < 4.78 is 43.7. The van der Waals surface area contributed by atoms with Crippen molar-refractivity contribution >= 4 is 0 Å². The molecule has 0 spiro atoms. The fourth-order valence-electron chi connectivity index (χ4n) is 2.99. The van der Waals surface area contributed by atoms with E-state index in [1.807, 2.05) is 0 Å². The number of ether oxygens (including phenoxy) is 1. The van der Waals surface area contributed by atoms with E-state index in [2.05, 4.69) is 4.98 Å². The number of alkyl halides is 3. The van der Waals surface area contributed by atoms with Crippen molar-refractivity contribution in [1.82, 2.24) is 4.98 Å². The van der Waals surface area contributed by atoms with Crippen molar-refractivity contribution in [3.8, 4) is 0 Å². The predicted octanol–water partition coefficient (Wildman–Crippen LogP) is 2.63. The molecular weight excluding hydrogens is 259 g/mol. The standard InChI is InChI=1S/C13H14F3NO2/c14-13(15,16)8-3-4-17-11(5-8)12(18)6-9-1-2-10(7-12)19-9/h3-5,9-10,18H,1-2,6-7H2. The van der Waals surface area contributed by atoms with Crippen LogP contribution in [-0.2, 0) is 16.5 Å². The maximum atomic E-state index is 12.7. The Balaban J connectivity index is 1.93. The van der Waals surface area contributed by atoms with Crippen molar-refractivity contribution in [2.45, 2.75) is 49.7 Å². The molecule has 0 aliphatic carbocycles. The molecule has 3 heterocycles. The SMILES string of the molecule is OC1(c2cc(C(F)(F)F)ccn2)CC2CCC(C1)O2. The third kappa shape index (κ3) is 2.34. The van der Waals surface area contributed by atoms with Gasteiger partial charge in [-0.15, -0.1) is 0 Å². The van der Waals surface area contributed by atoms with Crippen LogP contribution in [0, 0.1) is 0 Å². The summed E-state index contributed by atoms with van der Waals surface area (Å²) in [5, 5.41) is 10.6. The highest BCUT2D eigenvalue weighted by Crippen LogP contribution is 2.44. The van der Waals surface area contributed by atoms with E-state index >= 15 is 0 Å². The summed E-state index contributed by atoms with van der Waals surface area (Å²) in [7, 11) is 0. The van der Waals surface area contributed by atoms with E-state index in [4.69, 9.17) is 4.74 Å². The lowest BCUT2D eigenvalue weighted by atomic mass is 9.86. The van der Waals surface area contributed by atoms with Gasteiger partial charge in [-0.3, -0.25) is 4.98 Å². The van der Waals surface area contributed by atoms with Crippen LogP contribution >= 0.6 is 0 Å². The Labute approximate surface area is 108 Å². The van der Waals surface area contributed by atoms with Gasteiger partial charge in [0.15, 0.2) is 0 Å². The molecule has 2 fully saturated rings. The Morgan fingerprint density at radius 2 is 1.89 bits per heavy atom. The highest BCUT2D eigenvalue weighted by atomic mass is 19.4. The van der Waals surface area contributed by atoms with E-state index in [1.54, 1.807) is 0 Å². The fourth-order valence-corrected chi connectivity index (χ4v) is 2.99. The van der Waals surface area contributed by atoms with Crippen LogP contribution in [0.4, 0.5) is 13.2 Å². The summed E-state index contributed by atoms with van der Waals surface area (Å²) >= 11 is 0. The topological polar surface area (TPSA) is 42.4 Å². The van der Waals surface area contributed by atoms with Crippen LogP contribution in [0.3, 0.4) is 0 Å². The Bertz CT molecular complexity index is 477. The fraction of sp³-hybridized carbons (Fsp3) is 0.615. The van der Waals surface area contributed by atoms with Gasteiger partial charge in [0.25, 0.3) is 0 Å². The van der Waals surface area contributed by atoms with Gasteiger partial charge in [-0.1, -0.05) is 0 Å². The molecule has 1 N–H and O–H groups in total. The van der Waals surface area contributed by atoms with Crippen LogP contribution in [0.15, 0.2) is 18.3 Å². The molecule has 0 aromatic carbocycles. The van der Waals surface area contributed by atoms with E-state index in [9.17, 15) is 18.3 Å². The average molecular weight is 273 g/mol. The van der Waals surface area contributed by atoms with Gasteiger partial charge in [0, 0.05) is 19.0 Å². The van der Waals surface area contributed by atoms with Gasteiger partial charge in [-0.05, 0) is 25.0 Å². The first-order chi connectivity index (χ1) is 8.87. The van der Waals surface area contributed by atoms with E-state index < -0.39 is 17.3 Å². The minimum Gasteiger partial charge on any atom is -0.383 e. The first-order valence-electron chi connectivity index (χ1n) is 6.28. The Hall–Kier alpha value is -1.14. The monoisotopic (exact) mass is 273 g/mol. The molecule has 1 aromatic heterocycles. The van der Waals surface area contributed by atoms with Gasteiger partial charge < -0.3 is 9.84 Å². The summed E-state index contributed by atoms with van der Waals surface area (Å²) in [6.07, 6.45) is -1.11. The van der Waals surface area contributed by atoms with Crippen molar-refractivity contribution < 1.29 is 23.0 Å². The molecule has 104 valence electrons. The smallest absolute Gasteiger partial charge is 0.383 e. The normalized spacial score (nSPS) is 34.5. The van der Waals surface area contributed by atoms with Crippen molar-refractivity contribution in [3.63, 3.8) is 0 Å². The number of hydrogen-bond donors (Lipinski definition) is 1. The average Bonchev–Trinajstić information content (AvgIpc) is 2.68. The second-order valence-corrected chi connectivity index (χ2v) is 5.32. The van der Waals surface area contributed by atoms with E-state index in [1.165, 1.54) is 0 Å². The van der Waals surface area contributed by atoms with Gasteiger partial charge >= 0.3 is 6.18 Å². The van der Waals surface area contributed by atoms with Gasteiger partial charge in [-0.25, -0.2) is 0 Å². The number of nitrogens with zero attached hydrogens (tertiary/aromatic N) is 1. The summed E-state index contributed by atoms with van der Waals surface area (Å²) in [5.74, 6) is 0. The van der Waals surface area contributed by atoms with Crippen molar-refractivity contribution in [3.05, 3.63) is 29.6 Å². The first-order valence-corrected chi connectivity index (χ1v) is 6.28. The number of fused-ring (bicyclic) bond motifs is 2. The maximum absolute atomic E-state index is 12.7. The van der Waals surface area contributed by atoms with E-state index in [0.29, 0.717) is 12.8 Å². The van der Waals surface area contributed by atoms with E-state index in [-0.39, 0.29) is 17.9 Å². The molecule has 2 saturated heterocycles. The molecule has 6 heteroatoms. The highest BCUT2D eigenvalue weighted by molar-refractivity contribution is 5.24. The van der Waals surface area contributed by atoms with Crippen LogP contribution in [0.2, 0.25) is 0 Å². The van der Waals surface area contributed by atoms with Crippen LogP contribution in [0.25, 0.3) is 0 Å². The molecule has 0 amide bonds. The van der Waals surface area contributed by atoms with Gasteiger partial charge in [-0.2, -0.15) is 13.2 Å². The quantitative estimate of drug-likeness (QED) is 0.855. The van der Waals surface area contributed by atoms with Gasteiger partial charge in [0.2, 0.25) is 0 Å². The van der Waals surface area contributed by atoms with Gasteiger partial charge in [0.05, 0.1) is 23.5 Å². The minimum absolute atomic E-state index is 0.0694. The zero-order valence-corrected chi connectivity index (χ0v) is 10.2. The summed E-state index contributed by atoms with van der Waals surface area (Å²) in [4.78, 5) is 3.94. The minimum atomic E-state index is -4.42. The third-order valence-electron chi connectivity index (χ3n) is 3.89. The number of halogens is 3. The molecule has 1 aromatic rings. The molecule has 2 aliphatic heterocycles. The molecule has 19 heavy (non-hydrogen) atoms. The lowest BCUT2D eigenvalue weighted by molar-refractivity contribution is -0.138. The lowest BCUT2D eigenvalue weighted by Gasteiger charge is -2.36. The molecule has 3 rings (SSSR count). The molecule has 2 unspecified atom stereocenters. The zero-order valence-electron chi connectivity index (χ0n) is 10.2. The Kier molecular flexibility index (Phi) is 2.83. The predicted molar refractivity (Wildman–Crippen MR) is 60.3 cm³/mol. The van der Waals surface area contributed by atoms with E-state index in [0.717, 1.165) is 31.2 Å². The molecule has 2 bridgehead atoms. The van der Waals surface area contributed by atoms with Crippen LogP contribution in [0.5, 0.6) is 0 Å². The molecule has 2 aliphatic rings. The van der Waals surface area contributed by atoms with Crippen molar-refractivity contribution in [1.29, 1.82) is 0 Å². The number of aromatic nitrogens is 1. The van der Waals surface area contributed by atoms with Crippen LogP contribution in [0.1, 0.15) is 36.9 Å². The molecule has 0 saturated carbocycles. The Morgan fingerprint density at radius 1 is 1.26 bits per heavy atom. The molecule has 0 radical (unpaired) electrons. The largest absolute Gasteiger partial charge is 0.416 e. The van der Waals surface area contributed by atoms with Crippen molar-refractivity contribution in [2.75, 3.05) is 0 Å². The first kappa shape index (κ1) is 12.9. The molecule has 3 nitrogen and oxygen atoms in total. The molecular formula is C13H14F3NO2. The van der Waals surface area contributed by atoms with Gasteiger partial charge in [0.1, 0.15) is 5.60 Å². The second kappa shape index (κ2) is 4.18. The number of pyridine rings is 1. The second-order valence-electron chi connectivity index (χ2n) is 5.32. The number of aliphatic hydroxyl groups is 1. The molecule has 2 atom stereocenters. The summed E-state index contributed by atoms with van der Waals surface area (Å²) in [5.41, 5.74) is -1.97. The number of rotatable bonds is 1. The van der Waals surface area contributed by atoms with Crippen LogP contribution < -0.4 is 0 Å². The highest BCUT2D eigenvalue weighted by Gasteiger charge is 2.46. The lowest BCUT2D eigenvalue weighted by Crippen LogP contribution is -2.39. The summed E-state index contributed by atoms with van der Waals surface area (Å²) in [6.45, 7) is 0. The zero-order chi connectivity index (χ0) is 13.7. The number of hydrogen-bond acceptors (Lipinski definition) is 3. The van der Waals surface area contributed by atoms with Crippen LogP contribution in [-0.4, -0.2) is 22.3 Å².